The van der Waals surface area contributed by atoms with E-state index in [2.05, 4.69) is 51.5 Å². The highest BCUT2D eigenvalue weighted by molar-refractivity contribution is 9.10. The topological polar surface area (TPSA) is 114 Å². The second-order valence-electron chi connectivity index (χ2n) is 6.85. The van der Waals surface area contributed by atoms with Crippen LogP contribution in [0.25, 0.3) is 22.1 Å². The third-order valence-electron chi connectivity index (χ3n) is 4.39. The molecule has 30 heavy (non-hydrogen) atoms. The number of hydrogen-bond donors (Lipinski definition) is 3. The van der Waals surface area contributed by atoms with E-state index in [9.17, 15) is 0 Å². The molecular weight excluding hydrogens is 444 g/mol. The molecule has 1 aliphatic rings. The molecule has 0 saturated carbocycles. The van der Waals surface area contributed by atoms with Crippen molar-refractivity contribution in [3.05, 3.63) is 58.6 Å². The van der Waals surface area contributed by atoms with Gasteiger partial charge in [0.2, 0.25) is 0 Å². The summed E-state index contributed by atoms with van der Waals surface area (Å²) in [6.07, 6.45) is 3.52. The Bertz CT molecular complexity index is 1220. The van der Waals surface area contributed by atoms with Gasteiger partial charge < -0.3 is 16.4 Å². The van der Waals surface area contributed by atoms with Crippen LogP contribution >= 0.6 is 15.9 Å². The van der Waals surface area contributed by atoms with Gasteiger partial charge in [0, 0.05) is 24.6 Å². The van der Waals surface area contributed by atoms with E-state index < -0.39 is 0 Å². The van der Waals surface area contributed by atoms with Crippen molar-refractivity contribution in [2.45, 2.75) is 13.8 Å². The number of fused-ring (bicyclic) bond motifs is 2. The van der Waals surface area contributed by atoms with Crippen LogP contribution in [0.1, 0.15) is 11.4 Å². The van der Waals surface area contributed by atoms with E-state index in [1.165, 1.54) is 0 Å². The lowest BCUT2D eigenvalue weighted by molar-refractivity contribution is 0.959. The number of guanidine groups is 1. The molecule has 0 saturated heterocycles. The first-order valence-corrected chi connectivity index (χ1v) is 10.2. The van der Waals surface area contributed by atoms with E-state index in [0.29, 0.717) is 0 Å². The number of nitrogen functional groups attached to an aromatic ring is 1. The SMILES string of the molecule is Cc1cnc2ccc(N)cc2n1.Cc1cnc2ccc(NC3=NCCN3)c(Br)c2n1. The maximum Gasteiger partial charge on any atom is 0.195 e. The van der Waals surface area contributed by atoms with E-state index in [4.69, 9.17) is 5.73 Å². The summed E-state index contributed by atoms with van der Waals surface area (Å²) in [6, 6.07) is 9.45. The third kappa shape index (κ3) is 4.46. The molecule has 1 aliphatic heterocycles. The van der Waals surface area contributed by atoms with Crippen molar-refractivity contribution in [1.29, 1.82) is 0 Å². The molecular formula is C21H21BrN8. The number of nitrogens with one attached hydrogen (secondary N) is 2. The molecule has 0 unspecified atom stereocenters. The summed E-state index contributed by atoms with van der Waals surface area (Å²) in [4.78, 5) is 21.7. The van der Waals surface area contributed by atoms with Gasteiger partial charge in [-0.05, 0) is 60.1 Å². The smallest absolute Gasteiger partial charge is 0.195 e. The number of nitrogens with two attached hydrogens (primary N) is 1. The largest absolute Gasteiger partial charge is 0.399 e. The molecule has 0 amide bonds. The number of aryl methyl sites for hydroxylation is 2. The van der Waals surface area contributed by atoms with Crippen LogP contribution in [-0.2, 0) is 0 Å². The molecule has 0 aliphatic carbocycles. The molecule has 0 atom stereocenters. The molecule has 4 N–H and O–H groups in total. The minimum absolute atomic E-state index is 0.724. The summed E-state index contributed by atoms with van der Waals surface area (Å²) in [6.45, 7) is 5.54. The van der Waals surface area contributed by atoms with Gasteiger partial charge >= 0.3 is 0 Å². The zero-order chi connectivity index (χ0) is 21.1. The summed E-state index contributed by atoms with van der Waals surface area (Å²) in [5, 5.41) is 6.42. The van der Waals surface area contributed by atoms with Gasteiger partial charge in [0.1, 0.15) is 5.52 Å². The molecule has 152 valence electrons. The van der Waals surface area contributed by atoms with E-state index >= 15 is 0 Å². The van der Waals surface area contributed by atoms with Crippen molar-refractivity contribution in [2.75, 3.05) is 24.1 Å². The number of halogens is 1. The van der Waals surface area contributed by atoms with Gasteiger partial charge in [-0.25, -0.2) is 9.97 Å². The Morgan fingerprint density at radius 1 is 0.967 bits per heavy atom. The lowest BCUT2D eigenvalue weighted by Crippen LogP contribution is -2.26. The Balaban J connectivity index is 0.000000158. The first-order valence-electron chi connectivity index (χ1n) is 9.46. The van der Waals surface area contributed by atoms with Crippen LogP contribution in [0.5, 0.6) is 0 Å². The van der Waals surface area contributed by atoms with Gasteiger partial charge in [-0.15, -0.1) is 0 Å². The minimum atomic E-state index is 0.724. The highest BCUT2D eigenvalue weighted by Crippen LogP contribution is 2.29. The number of rotatable bonds is 1. The highest BCUT2D eigenvalue weighted by Gasteiger charge is 2.11. The summed E-state index contributed by atoms with van der Waals surface area (Å²) in [7, 11) is 0. The highest BCUT2D eigenvalue weighted by atomic mass is 79.9. The number of nitrogens with zero attached hydrogens (tertiary/aromatic N) is 5. The molecule has 9 heteroatoms. The summed E-state index contributed by atoms with van der Waals surface area (Å²) in [5.41, 5.74) is 12.6. The van der Waals surface area contributed by atoms with Crippen LogP contribution < -0.4 is 16.4 Å². The Kier molecular flexibility index (Phi) is 5.71. The Hall–Kier alpha value is -3.33. The van der Waals surface area contributed by atoms with Crippen molar-refractivity contribution in [3.63, 3.8) is 0 Å². The normalized spacial score (nSPS) is 12.8. The number of aliphatic imine (C=N–C) groups is 1. The molecule has 2 aromatic carbocycles. The van der Waals surface area contributed by atoms with Gasteiger partial charge in [0.15, 0.2) is 5.96 Å². The summed E-state index contributed by atoms with van der Waals surface area (Å²) >= 11 is 3.58. The number of benzene rings is 2. The molecule has 4 aromatic rings. The lowest BCUT2D eigenvalue weighted by Gasteiger charge is -2.10. The second kappa shape index (κ2) is 8.58. The molecule has 0 fully saturated rings. The van der Waals surface area contributed by atoms with Crippen LogP contribution in [0.4, 0.5) is 11.4 Å². The molecule has 0 bridgehead atoms. The fraction of sp³-hybridized carbons (Fsp3) is 0.190. The average molecular weight is 465 g/mol. The zero-order valence-corrected chi connectivity index (χ0v) is 18.2. The molecule has 8 nitrogen and oxygen atoms in total. The maximum absolute atomic E-state index is 5.61. The molecule has 0 spiro atoms. The van der Waals surface area contributed by atoms with Crippen LogP contribution in [0, 0.1) is 13.8 Å². The number of aromatic nitrogens is 4. The predicted octanol–water partition coefficient (Wildman–Crippen LogP) is 3.59. The van der Waals surface area contributed by atoms with E-state index in [0.717, 1.165) is 68.4 Å². The number of hydrogen-bond acceptors (Lipinski definition) is 8. The second-order valence-corrected chi connectivity index (χ2v) is 7.64. The molecule has 0 radical (unpaired) electrons. The van der Waals surface area contributed by atoms with Crippen LogP contribution in [-0.4, -0.2) is 39.0 Å². The lowest BCUT2D eigenvalue weighted by atomic mass is 10.2. The van der Waals surface area contributed by atoms with Crippen molar-refractivity contribution >= 4 is 55.3 Å². The van der Waals surface area contributed by atoms with Crippen LogP contribution in [0.3, 0.4) is 0 Å². The van der Waals surface area contributed by atoms with E-state index in [1.807, 2.05) is 44.2 Å². The third-order valence-corrected chi connectivity index (χ3v) is 5.19. The first kappa shape index (κ1) is 20.0. The van der Waals surface area contributed by atoms with Crippen molar-refractivity contribution in [2.24, 2.45) is 4.99 Å². The maximum atomic E-state index is 5.61. The zero-order valence-electron chi connectivity index (χ0n) is 16.6. The minimum Gasteiger partial charge on any atom is -0.399 e. The van der Waals surface area contributed by atoms with Crippen molar-refractivity contribution < 1.29 is 0 Å². The fourth-order valence-electron chi connectivity index (χ4n) is 2.96. The number of anilines is 2. The Labute approximate surface area is 182 Å². The summed E-state index contributed by atoms with van der Waals surface area (Å²) < 4.78 is 0.910. The molecule has 3 heterocycles. The predicted molar refractivity (Wildman–Crippen MR) is 125 cm³/mol. The van der Waals surface area contributed by atoms with Gasteiger partial charge in [-0.1, -0.05) is 0 Å². The Morgan fingerprint density at radius 2 is 1.70 bits per heavy atom. The van der Waals surface area contributed by atoms with Gasteiger partial charge in [0.05, 0.1) is 44.6 Å². The standard InChI is InChI=1S/C12H12BrN5.C9H9N3/c1-7-6-16-9-3-2-8(10(13)11(9)17-7)18-12-14-4-5-15-12;1-6-5-11-8-3-2-7(10)4-9(8)12-6/h2-3,6H,4-5H2,1H3,(H2,14,15,18);2-5H,10H2,1H3. The molecule has 2 aromatic heterocycles. The van der Waals surface area contributed by atoms with E-state index in [1.54, 1.807) is 12.4 Å². The van der Waals surface area contributed by atoms with Gasteiger partial charge in [-0.2, -0.15) is 0 Å². The first-order chi connectivity index (χ1) is 14.5. The van der Waals surface area contributed by atoms with Gasteiger partial charge in [0.25, 0.3) is 0 Å². The van der Waals surface area contributed by atoms with Crippen molar-refractivity contribution in [3.8, 4) is 0 Å². The quantitative estimate of drug-likeness (QED) is 0.368. The van der Waals surface area contributed by atoms with Gasteiger partial charge in [-0.3, -0.25) is 15.0 Å². The summed E-state index contributed by atoms with van der Waals surface area (Å²) in [5.74, 6) is 0.802. The average Bonchev–Trinajstić information content (AvgIpc) is 3.24. The fourth-order valence-corrected chi connectivity index (χ4v) is 3.48. The van der Waals surface area contributed by atoms with Crippen LogP contribution in [0.2, 0.25) is 0 Å². The van der Waals surface area contributed by atoms with Crippen molar-refractivity contribution in [1.82, 2.24) is 25.3 Å². The molecule has 5 rings (SSSR count). The monoisotopic (exact) mass is 464 g/mol. The van der Waals surface area contributed by atoms with E-state index in [-0.39, 0.29) is 0 Å². The van der Waals surface area contributed by atoms with Crippen LogP contribution in [0.15, 0.2) is 52.2 Å². The Morgan fingerprint density at radius 3 is 2.47 bits per heavy atom.